The van der Waals surface area contributed by atoms with Gasteiger partial charge in [0.15, 0.2) is 6.29 Å². The van der Waals surface area contributed by atoms with Crippen molar-refractivity contribution in [3.8, 4) is 0 Å². The van der Waals surface area contributed by atoms with Crippen molar-refractivity contribution < 1.29 is 14.2 Å². The Bertz CT molecular complexity index is 176. The lowest BCUT2D eigenvalue weighted by Crippen LogP contribution is -2.11. The zero-order chi connectivity index (χ0) is 12.4. The van der Waals surface area contributed by atoms with Gasteiger partial charge in [0.1, 0.15) is 0 Å². The standard InChI is InChI=1S/C12H25O3P/c1-4-5-7-10(2)11(3)8-6-9-12(13)15-16-14/h10-13H,4-9H2,1-3H3. The van der Waals surface area contributed by atoms with Crippen LogP contribution in [0, 0.1) is 11.8 Å². The van der Waals surface area contributed by atoms with Crippen LogP contribution in [-0.4, -0.2) is 11.4 Å². The van der Waals surface area contributed by atoms with Gasteiger partial charge in [-0.3, -0.25) is 4.52 Å². The third-order valence-electron chi connectivity index (χ3n) is 3.26. The molecule has 0 spiro atoms. The lowest BCUT2D eigenvalue weighted by Gasteiger charge is -2.19. The minimum atomic E-state index is -0.877. The van der Waals surface area contributed by atoms with Gasteiger partial charge in [0.25, 0.3) is 0 Å². The van der Waals surface area contributed by atoms with E-state index in [0.29, 0.717) is 12.3 Å². The van der Waals surface area contributed by atoms with E-state index in [4.69, 9.17) is 0 Å². The zero-order valence-corrected chi connectivity index (χ0v) is 11.6. The Morgan fingerprint density at radius 2 is 1.69 bits per heavy atom. The SMILES string of the molecule is CCCCC(C)C(C)CCCC(O)OP=O. The molecule has 0 aliphatic carbocycles. The number of aliphatic hydroxyl groups excluding tert-OH is 1. The first-order valence-electron chi connectivity index (χ1n) is 6.28. The average molecular weight is 248 g/mol. The summed E-state index contributed by atoms with van der Waals surface area (Å²) in [6.07, 6.45) is 5.56. The summed E-state index contributed by atoms with van der Waals surface area (Å²) in [5.74, 6) is 1.43. The first-order valence-corrected chi connectivity index (χ1v) is 7.01. The first kappa shape index (κ1) is 16.0. The van der Waals surface area contributed by atoms with Crippen LogP contribution in [0.5, 0.6) is 0 Å². The molecule has 96 valence electrons. The zero-order valence-electron chi connectivity index (χ0n) is 10.7. The van der Waals surface area contributed by atoms with Crippen molar-refractivity contribution in [1.82, 2.24) is 0 Å². The number of hydrogen-bond acceptors (Lipinski definition) is 3. The molecule has 16 heavy (non-hydrogen) atoms. The molecule has 0 saturated carbocycles. The van der Waals surface area contributed by atoms with E-state index in [1.807, 2.05) is 0 Å². The van der Waals surface area contributed by atoms with Gasteiger partial charge in [-0.1, -0.05) is 46.5 Å². The third-order valence-corrected chi connectivity index (χ3v) is 3.59. The molecule has 0 aromatic carbocycles. The largest absolute Gasteiger partial charge is 0.367 e. The molecule has 3 unspecified atom stereocenters. The average Bonchev–Trinajstić information content (AvgIpc) is 2.26. The van der Waals surface area contributed by atoms with E-state index >= 15 is 0 Å². The van der Waals surface area contributed by atoms with Gasteiger partial charge in [0.05, 0.1) is 0 Å². The smallest absolute Gasteiger partial charge is 0.329 e. The normalized spacial score (nSPS) is 17.2. The molecule has 0 fully saturated rings. The third kappa shape index (κ3) is 8.20. The van der Waals surface area contributed by atoms with Crippen molar-refractivity contribution in [2.24, 2.45) is 11.8 Å². The number of rotatable bonds is 10. The molecule has 0 aliphatic heterocycles. The minimum Gasteiger partial charge on any atom is -0.367 e. The van der Waals surface area contributed by atoms with Gasteiger partial charge >= 0.3 is 8.69 Å². The molecule has 1 N–H and O–H groups in total. The molecule has 4 heteroatoms. The fourth-order valence-electron chi connectivity index (χ4n) is 1.81. The Balaban J connectivity index is 3.55. The fourth-order valence-corrected chi connectivity index (χ4v) is 2.02. The van der Waals surface area contributed by atoms with E-state index in [0.717, 1.165) is 18.8 Å². The van der Waals surface area contributed by atoms with Crippen LogP contribution in [0.4, 0.5) is 0 Å². The summed E-state index contributed by atoms with van der Waals surface area (Å²) in [5, 5.41) is 9.21. The monoisotopic (exact) mass is 248 g/mol. The van der Waals surface area contributed by atoms with Crippen molar-refractivity contribution >= 4 is 8.69 Å². The van der Waals surface area contributed by atoms with Gasteiger partial charge in [-0.25, -0.2) is 4.57 Å². The van der Waals surface area contributed by atoms with E-state index in [1.165, 1.54) is 19.3 Å². The number of hydrogen-bond donors (Lipinski definition) is 1. The Kier molecular flexibility index (Phi) is 10.2. The highest BCUT2D eigenvalue weighted by Crippen LogP contribution is 2.23. The van der Waals surface area contributed by atoms with Crippen LogP contribution in [0.3, 0.4) is 0 Å². The fraction of sp³-hybridized carbons (Fsp3) is 1.00. The first-order chi connectivity index (χ1) is 7.61. The number of aliphatic hydroxyl groups is 1. The van der Waals surface area contributed by atoms with Gasteiger partial charge in [-0.2, -0.15) is 0 Å². The summed E-state index contributed by atoms with van der Waals surface area (Å²) in [6, 6.07) is 0. The summed E-state index contributed by atoms with van der Waals surface area (Å²) >= 11 is 0. The predicted molar refractivity (Wildman–Crippen MR) is 66.4 cm³/mol. The summed E-state index contributed by atoms with van der Waals surface area (Å²) in [4.78, 5) is 0. The molecule has 3 atom stereocenters. The van der Waals surface area contributed by atoms with Crippen LogP contribution in [0.2, 0.25) is 0 Å². The van der Waals surface area contributed by atoms with Crippen LogP contribution < -0.4 is 0 Å². The van der Waals surface area contributed by atoms with Gasteiger partial charge in [0.2, 0.25) is 0 Å². The van der Waals surface area contributed by atoms with E-state index < -0.39 is 15.0 Å². The molecular weight excluding hydrogens is 223 g/mol. The predicted octanol–water partition coefficient (Wildman–Crippen LogP) is 4.16. The molecule has 3 nitrogen and oxygen atoms in total. The molecule has 0 radical (unpaired) electrons. The van der Waals surface area contributed by atoms with E-state index in [1.54, 1.807) is 0 Å². The maximum Gasteiger partial charge on any atom is 0.329 e. The Morgan fingerprint density at radius 3 is 2.19 bits per heavy atom. The highest BCUT2D eigenvalue weighted by Gasteiger charge is 2.12. The Hall–Kier alpha value is 0.0200. The van der Waals surface area contributed by atoms with Crippen molar-refractivity contribution in [1.29, 1.82) is 0 Å². The Labute approximate surface area is 101 Å². The Morgan fingerprint density at radius 1 is 1.12 bits per heavy atom. The molecule has 0 saturated heterocycles. The van der Waals surface area contributed by atoms with Crippen LogP contribution in [0.15, 0.2) is 0 Å². The van der Waals surface area contributed by atoms with E-state index in [9.17, 15) is 9.67 Å². The summed E-state index contributed by atoms with van der Waals surface area (Å²) in [6.45, 7) is 6.77. The van der Waals surface area contributed by atoms with Crippen molar-refractivity contribution in [3.63, 3.8) is 0 Å². The summed E-state index contributed by atoms with van der Waals surface area (Å²) in [7, 11) is -0.437. The second-order valence-electron chi connectivity index (χ2n) is 4.66. The summed E-state index contributed by atoms with van der Waals surface area (Å²) < 4.78 is 14.6. The molecule has 0 heterocycles. The van der Waals surface area contributed by atoms with Crippen molar-refractivity contribution in [3.05, 3.63) is 0 Å². The second-order valence-corrected chi connectivity index (χ2v) is 5.02. The lowest BCUT2D eigenvalue weighted by molar-refractivity contribution is -0.0159. The maximum atomic E-state index is 10.1. The lowest BCUT2D eigenvalue weighted by atomic mass is 9.87. The van der Waals surface area contributed by atoms with Crippen LogP contribution in [-0.2, 0) is 9.09 Å². The molecule has 0 amide bonds. The van der Waals surface area contributed by atoms with Crippen molar-refractivity contribution in [2.75, 3.05) is 0 Å². The van der Waals surface area contributed by atoms with Gasteiger partial charge in [-0.05, 0) is 24.7 Å². The van der Waals surface area contributed by atoms with Crippen molar-refractivity contribution in [2.45, 2.75) is 65.6 Å². The van der Waals surface area contributed by atoms with Gasteiger partial charge < -0.3 is 5.11 Å². The molecule has 0 aromatic rings. The topological polar surface area (TPSA) is 46.5 Å². The maximum absolute atomic E-state index is 10.1. The minimum absolute atomic E-state index is 0.437. The summed E-state index contributed by atoms with van der Waals surface area (Å²) in [5.41, 5.74) is 0. The van der Waals surface area contributed by atoms with Gasteiger partial charge in [-0.15, -0.1) is 0 Å². The molecule has 0 rings (SSSR count). The highest BCUT2D eigenvalue weighted by molar-refractivity contribution is 7.17. The molecule has 0 bridgehead atoms. The van der Waals surface area contributed by atoms with Crippen LogP contribution in [0.1, 0.15) is 59.3 Å². The van der Waals surface area contributed by atoms with E-state index in [-0.39, 0.29) is 0 Å². The highest BCUT2D eigenvalue weighted by atomic mass is 31.1. The van der Waals surface area contributed by atoms with Gasteiger partial charge in [0, 0.05) is 0 Å². The molecule has 0 aromatic heterocycles. The van der Waals surface area contributed by atoms with Crippen LogP contribution in [0.25, 0.3) is 0 Å². The second kappa shape index (κ2) is 10.2. The number of unbranched alkanes of at least 4 members (excludes halogenated alkanes) is 1. The van der Waals surface area contributed by atoms with E-state index in [2.05, 4.69) is 25.3 Å². The van der Waals surface area contributed by atoms with Crippen LogP contribution >= 0.6 is 8.69 Å². The quantitative estimate of drug-likeness (QED) is 0.466. The molecular formula is C12H25O3P. The molecule has 0 aliphatic rings.